The van der Waals surface area contributed by atoms with Crippen LogP contribution in [0, 0.1) is 0 Å². The summed E-state index contributed by atoms with van der Waals surface area (Å²) in [5, 5.41) is 3.64. The van der Waals surface area contributed by atoms with Gasteiger partial charge in [0.15, 0.2) is 5.76 Å². The summed E-state index contributed by atoms with van der Waals surface area (Å²) in [6, 6.07) is 14.4. The second kappa shape index (κ2) is 6.17. The summed E-state index contributed by atoms with van der Waals surface area (Å²) in [5.41, 5.74) is 2.76. The van der Waals surface area contributed by atoms with Crippen molar-refractivity contribution in [3.63, 3.8) is 0 Å². The van der Waals surface area contributed by atoms with E-state index in [2.05, 4.69) is 5.32 Å². The van der Waals surface area contributed by atoms with Gasteiger partial charge in [-0.2, -0.15) is 0 Å². The molecular weight excluding hydrogens is 352 g/mol. The van der Waals surface area contributed by atoms with Gasteiger partial charge in [0.05, 0.1) is 11.9 Å². The Morgan fingerprint density at radius 2 is 1.96 bits per heavy atom. The summed E-state index contributed by atoms with van der Waals surface area (Å²) >= 11 is 0. The summed E-state index contributed by atoms with van der Waals surface area (Å²) in [6.07, 6.45) is 2.80. The van der Waals surface area contributed by atoms with Crippen LogP contribution in [0.3, 0.4) is 0 Å². The number of nitrogens with zero attached hydrogens (tertiary/aromatic N) is 1. The quantitative estimate of drug-likeness (QED) is 0.766. The molecule has 0 saturated carbocycles. The van der Waals surface area contributed by atoms with E-state index in [1.54, 1.807) is 24.3 Å². The highest BCUT2D eigenvalue weighted by Gasteiger charge is 2.24. The molecule has 0 unspecified atom stereocenters. The minimum atomic E-state index is -3.35. The number of benzene rings is 2. The van der Waals surface area contributed by atoms with Crippen molar-refractivity contribution >= 4 is 38.3 Å². The first-order chi connectivity index (χ1) is 12.4. The van der Waals surface area contributed by atoms with Crippen LogP contribution in [-0.2, 0) is 16.4 Å². The lowest BCUT2D eigenvalue weighted by atomic mass is 10.0. The number of furan rings is 1. The minimum absolute atomic E-state index is 0.212. The van der Waals surface area contributed by atoms with Gasteiger partial charge in [-0.3, -0.25) is 9.10 Å². The Bertz CT molecular complexity index is 1070. The summed E-state index contributed by atoms with van der Waals surface area (Å²) < 4.78 is 31.0. The third-order valence-electron chi connectivity index (χ3n) is 4.47. The molecule has 1 aliphatic rings. The van der Waals surface area contributed by atoms with Crippen LogP contribution in [0.5, 0.6) is 0 Å². The van der Waals surface area contributed by atoms with Crippen LogP contribution < -0.4 is 9.62 Å². The number of anilines is 2. The molecular formula is C19H18N2O4S. The Hall–Kier alpha value is -2.80. The van der Waals surface area contributed by atoms with Crippen LogP contribution in [0.15, 0.2) is 52.9 Å². The predicted octanol–water partition coefficient (Wildman–Crippen LogP) is 3.40. The van der Waals surface area contributed by atoms with Gasteiger partial charge in [-0.15, -0.1) is 0 Å². The van der Waals surface area contributed by atoms with Gasteiger partial charge in [-0.1, -0.05) is 24.3 Å². The van der Waals surface area contributed by atoms with Crippen molar-refractivity contribution < 1.29 is 17.6 Å². The van der Waals surface area contributed by atoms with Gasteiger partial charge in [-0.25, -0.2) is 8.42 Å². The Kier molecular flexibility index (Phi) is 3.96. The molecule has 2 heterocycles. The SMILES string of the molecule is CS(=O)(=O)N1CCCc2ccc(NC(=O)c3cc4ccccc4o3)cc21. The Balaban J connectivity index is 1.63. The molecule has 0 radical (unpaired) electrons. The fraction of sp³-hybridized carbons (Fsp3) is 0.211. The van der Waals surface area contributed by atoms with Crippen LogP contribution in [0.25, 0.3) is 11.0 Å². The van der Waals surface area contributed by atoms with Crippen LogP contribution in [0.4, 0.5) is 11.4 Å². The zero-order chi connectivity index (χ0) is 18.3. The first-order valence-corrected chi connectivity index (χ1v) is 10.2. The Labute approximate surface area is 151 Å². The van der Waals surface area contributed by atoms with Crippen molar-refractivity contribution in [2.75, 3.05) is 22.4 Å². The molecule has 1 amide bonds. The number of fused-ring (bicyclic) bond motifs is 2. The molecule has 7 heteroatoms. The number of hydrogen-bond acceptors (Lipinski definition) is 4. The smallest absolute Gasteiger partial charge is 0.291 e. The second-order valence-electron chi connectivity index (χ2n) is 6.38. The van der Waals surface area contributed by atoms with Crippen molar-refractivity contribution in [1.82, 2.24) is 0 Å². The van der Waals surface area contributed by atoms with E-state index in [-0.39, 0.29) is 11.7 Å². The largest absolute Gasteiger partial charge is 0.451 e. The van der Waals surface area contributed by atoms with Gasteiger partial charge in [0.2, 0.25) is 10.0 Å². The Morgan fingerprint density at radius 1 is 1.15 bits per heavy atom. The standard InChI is InChI=1S/C19H18N2O4S/c1-26(23,24)21-10-4-6-13-8-9-15(12-16(13)21)20-19(22)18-11-14-5-2-3-7-17(14)25-18/h2-3,5,7-9,11-12H,4,6,10H2,1H3,(H,20,22). The van der Waals surface area contributed by atoms with Crippen molar-refractivity contribution in [3.8, 4) is 0 Å². The third-order valence-corrected chi connectivity index (χ3v) is 5.65. The van der Waals surface area contributed by atoms with Gasteiger partial charge >= 0.3 is 0 Å². The first-order valence-electron chi connectivity index (χ1n) is 8.32. The summed E-state index contributed by atoms with van der Waals surface area (Å²) in [6.45, 7) is 0.451. The number of carbonyl (C=O) groups is 1. The lowest BCUT2D eigenvalue weighted by Gasteiger charge is -2.29. The average molecular weight is 370 g/mol. The fourth-order valence-corrected chi connectivity index (χ4v) is 4.24. The molecule has 0 bridgehead atoms. The van der Waals surface area contributed by atoms with E-state index in [4.69, 9.17) is 4.42 Å². The lowest BCUT2D eigenvalue weighted by molar-refractivity contribution is 0.0998. The molecule has 0 fully saturated rings. The minimum Gasteiger partial charge on any atom is -0.451 e. The maximum atomic E-state index is 12.5. The molecule has 1 N–H and O–H groups in total. The predicted molar refractivity (Wildman–Crippen MR) is 101 cm³/mol. The molecule has 134 valence electrons. The molecule has 6 nitrogen and oxygen atoms in total. The highest BCUT2D eigenvalue weighted by molar-refractivity contribution is 7.92. The molecule has 4 rings (SSSR count). The van der Waals surface area contributed by atoms with E-state index in [9.17, 15) is 13.2 Å². The average Bonchev–Trinajstić information content (AvgIpc) is 3.04. The molecule has 0 atom stereocenters. The van der Waals surface area contributed by atoms with Crippen molar-refractivity contribution in [1.29, 1.82) is 0 Å². The van der Waals surface area contributed by atoms with Crippen LogP contribution in [0.1, 0.15) is 22.5 Å². The summed E-state index contributed by atoms with van der Waals surface area (Å²) in [7, 11) is -3.35. The third kappa shape index (κ3) is 3.06. The van der Waals surface area contributed by atoms with E-state index in [1.807, 2.05) is 24.3 Å². The normalized spacial score (nSPS) is 14.3. The van der Waals surface area contributed by atoms with Gasteiger partial charge in [0, 0.05) is 17.6 Å². The van der Waals surface area contributed by atoms with Crippen LogP contribution in [0.2, 0.25) is 0 Å². The number of rotatable bonds is 3. The molecule has 3 aromatic rings. The molecule has 0 aliphatic carbocycles. The fourth-order valence-electron chi connectivity index (χ4n) is 3.25. The number of hydrogen-bond donors (Lipinski definition) is 1. The monoisotopic (exact) mass is 370 g/mol. The highest BCUT2D eigenvalue weighted by atomic mass is 32.2. The molecule has 1 aromatic heterocycles. The maximum absolute atomic E-state index is 12.5. The maximum Gasteiger partial charge on any atom is 0.291 e. The number of amides is 1. The number of nitrogens with one attached hydrogen (secondary N) is 1. The molecule has 0 spiro atoms. The molecule has 26 heavy (non-hydrogen) atoms. The lowest BCUT2D eigenvalue weighted by Crippen LogP contribution is -2.34. The van der Waals surface area contributed by atoms with E-state index in [1.165, 1.54) is 10.6 Å². The zero-order valence-electron chi connectivity index (χ0n) is 14.2. The Morgan fingerprint density at radius 3 is 2.73 bits per heavy atom. The number of sulfonamides is 1. The van der Waals surface area contributed by atoms with Crippen molar-refractivity contribution in [2.24, 2.45) is 0 Å². The van der Waals surface area contributed by atoms with Crippen molar-refractivity contribution in [3.05, 3.63) is 59.9 Å². The van der Waals surface area contributed by atoms with Gasteiger partial charge in [0.25, 0.3) is 5.91 Å². The van der Waals surface area contributed by atoms with E-state index in [0.717, 1.165) is 23.8 Å². The van der Waals surface area contributed by atoms with E-state index < -0.39 is 10.0 Å². The van der Waals surface area contributed by atoms with Crippen LogP contribution >= 0.6 is 0 Å². The molecule has 0 saturated heterocycles. The first kappa shape index (κ1) is 16.7. The van der Waals surface area contributed by atoms with E-state index >= 15 is 0 Å². The summed E-state index contributed by atoms with van der Waals surface area (Å²) in [5.74, 6) is -0.160. The highest BCUT2D eigenvalue weighted by Crippen LogP contribution is 2.32. The number of aryl methyl sites for hydroxylation is 1. The van der Waals surface area contributed by atoms with Gasteiger partial charge in [0.1, 0.15) is 5.58 Å². The molecule has 2 aromatic carbocycles. The van der Waals surface area contributed by atoms with Gasteiger partial charge in [-0.05, 0) is 42.7 Å². The zero-order valence-corrected chi connectivity index (χ0v) is 15.0. The van der Waals surface area contributed by atoms with E-state index in [0.29, 0.717) is 23.5 Å². The van der Waals surface area contributed by atoms with Crippen LogP contribution in [-0.4, -0.2) is 27.1 Å². The van der Waals surface area contributed by atoms with Crippen molar-refractivity contribution in [2.45, 2.75) is 12.8 Å². The second-order valence-corrected chi connectivity index (χ2v) is 8.29. The topological polar surface area (TPSA) is 79.6 Å². The summed E-state index contributed by atoms with van der Waals surface area (Å²) in [4.78, 5) is 12.5. The number of para-hydroxylation sites is 1. The number of carbonyl (C=O) groups excluding carboxylic acids is 1. The molecule has 1 aliphatic heterocycles. The van der Waals surface area contributed by atoms with Gasteiger partial charge < -0.3 is 9.73 Å².